The van der Waals surface area contributed by atoms with E-state index < -0.39 is 18.7 Å². The van der Waals surface area contributed by atoms with E-state index >= 15 is 0 Å². The van der Waals surface area contributed by atoms with E-state index in [4.69, 9.17) is 4.74 Å². The van der Waals surface area contributed by atoms with Crippen molar-refractivity contribution in [2.24, 2.45) is 0 Å². The third kappa shape index (κ3) is 11.7. The predicted molar refractivity (Wildman–Crippen MR) is 70.5 cm³/mol. The molecule has 4 nitrogen and oxygen atoms in total. The minimum atomic E-state index is -0.612. The molecule has 0 aliphatic heterocycles. The average molecular weight is 276 g/mol. The van der Waals surface area contributed by atoms with Crippen LogP contribution in [0.3, 0.4) is 0 Å². The SMILES string of the molecule is COC(=O)CCCCCCCCC(CF)OC(C)=O. The van der Waals surface area contributed by atoms with Crippen molar-refractivity contribution in [1.29, 1.82) is 0 Å². The molecular weight excluding hydrogens is 251 g/mol. The molecule has 0 N–H and O–H groups in total. The van der Waals surface area contributed by atoms with Gasteiger partial charge < -0.3 is 9.47 Å². The topological polar surface area (TPSA) is 52.6 Å². The van der Waals surface area contributed by atoms with Gasteiger partial charge in [-0.2, -0.15) is 0 Å². The number of hydrogen-bond acceptors (Lipinski definition) is 4. The molecule has 1 atom stereocenters. The van der Waals surface area contributed by atoms with Crippen molar-refractivity contribution in [3.8, 4) is 0 Å². The van der Waals surface area contributed by atoms with Crippen LogP contribution in [0.25, 0.3) is 0 Å². The van der Waals surface area contributed by atoms with Gasteiger partial charge in [-0.3, -0.25) is 9.59 Å². The molecule has 0 rings (SSSR count). The van der Waals surface area contributed by atoms with E-state index in [1.165, 1.54) is 14.0 Å². The number of ether oxygens (including phenoxy) is 2. The van der Waals surface area contributed by atoms with Crippen molar-refractivity contribution < 1.29 is 23.5 Å². The fraction of sp³-hybridized carbons (Fsp3) is 0.857. The van der Waals surface area contributed by atoms with Crippen molar-refractivity contribution in [2.75, 3.05) is 13.8 Å². The first kappa shape index (κ1) is 17.9. The molecule has 0 radical (unpaired) electrons. The Morgan fingerprint density at radius 2 is 1.63 bits per heavy atom. The van der Waals surface area contributed by atoms with Crippen LogP contribution in [-0.4, -0.2) is 31.8 Å². The Morgan fingerprint density at radius 3 is 2.16 bits per heavy atom. The van der Waals surface area contributed by atoms with Crippen LogP contribution >= 0.6 is 0 Å². The van der Waals surface area contributed by atoms with Gasteiger partial charge in [-0.05, 0) is 19.3 Å². The number of carbonyl (C=O) groups excluding carboxylic acids is 2. The summed E-state index contributed by atoms with van der Waals surface area (Å²) in [5.41, 5.74) is 0. The van der Waals surface area contributed by atoms with Crippen LogP contribution in [0.5, 0.6) is 0 Å². The molecule has 0 aromatic heterocycles. The second kappa shape index (κ2) is 11.9. The molecule has 5 heteroatoms. The zero-order valence-corrected chi connectivity index (χ0v) is 12.0. The van der Waals surface area contributed by atoms with Gasteiger partial charge >= 0.3 is 11.9 Å². The van der Waals surface area contributed by atoms with E-state index in [-0.39, 0.29) is 5.97 Å². The fourth-order valence-corrected chi connectivity index (χ4v) is 1.85. The molecule has 0 aromatic rings. The van der Waals surface area contributed by atoms with E-state index in [1.807, 2.05) is 0 Å². The average Bonchev–Trinajstić information content (AvgIpc) is 2.39. The highest BCUT2D eigenvalue weighted by Gasteiger charge is 2.10. The highest BCUT2D eigenvalue weighted by molar-refractivity contribution is 5.68. The molecule has 0 heterocycles. The molecule has 1 unspecified atom stereocenters. The number of halogens is 1. The van der Waals surface area contributed by atoms with Gasteiger partial charge in [0, 0.05) is 13.3 Å². The Bertz CT molecular complexity index is 256. The Morgan fingerprint density at radius 1 is 1.05 bits per heavy atom. The summed E-state index contributed by atoms with van der Waals surface area (Å²) < 4.78 is 21.8. The van der Waals surface area contributed by atoms with Crippen LogP contribution in [0.2, 0.25) is 0 Å². The number of esters is 2. The Balaban J connectivity index is 3.34. The molecule has 0 aliphatic carbocycles. The Hall–Kier alpha value is -1.13. The summed E-state index contributed by atoms with van der Waals surface area (Å²) in [5.74, 6) is -0.586. The van der Waals surface area contributed by atoms with Gasteiger partial charge in [0.25, 0.3) is 0 Å². The number of unbranched alkanes of at least 4 members (excludes halogenated alkanes) is 5. The smallest absolute Gasteiger partial charge is 0.305 e. The standard InChI is InChI=1S/C14H25FO4/c1-12(16)19-13(11-15)9-7-5-3-4-6-8-10-14(17)18-2/h13H,3-11H2,1-2H3. The van der Waals surface area contributed by atoms with E-state index in [0.717, 1.165) is 38.5 Å². The third-order valence-electron chi connectivity index (χ3n) is 2.89. The van der Waals surface area contributed by atoms with E-state index in [0.29, 0.717) is 12.8 Å². The summed E-state index contributed by atoms with van der Waals surface area (Å²) in [6.07, 6.45) is 6.31. The van der Waals surface area contributed by atoms with E-state index in [1.54, 1.807) is 0 Å². The van der Waals surface area contributed by atoms with E-state index in [9.17, 15) is 14.0 Å². The molecule has 19 heavy (non-hydrogen) atoms. The molecule has 0 aliphatic rings. The highest BCUT2D eigenvalue weighted by Crippen LogP contribution is 2.12. The molecule has 0 spiro atoms. The molecule has 112 valence electrons. The fourth-order valence-electron chi connectivity index (χ4n) is 1.85. The molecule has 0 fully saturated rings. The van der Waals surface area contributed by atoms with Crippen molar-refractivity contribution in [3.63, 3.8) is 0 Å². The minimum Gasteiger partial charge on any atom is -0.469 e. The largest absolute Gasteiger partial charge is 0.469 e. The number of methoxy groups -OCH3 is 1. The van der Waals surface area contributed by atoms with Crippen LogP contribution < -0.4 is 0 Å². The zero-order chi connectivity index (χ0) is 14.5. The van der Waals surface area contributed by atoms with Gasteiger partial charge in [0.2, 0.25) is 0 Å². The summed E-state index contributed by atoms with van der Waals surface area (Å²) in [5, 5.41) is 0. The van der Waals surface area contributed by atoms with Crippen molar-refractivity contribution >= 4 is 11.9 Å². The highest BCUT2D eigenvalue weighted by atomic mass is 19.1. The number of hydrogen-bond donors (Lipinski definition) is 0. The normalized spacial score (nSPS) is 11.9. The van der Waals surface area contributed by atoms with Crippen LogP contribution in [0.1, 0.15) is 58.3 Å². The Labute approximate surface area is 114 Å². The summed E-state index contributed by atoms with van der Waals surface area (Å²) >= 11 is 0. The molecule has 0 aromatic carbocycles. The van der Waals surface area contributed by atoms with Crippen molar-refractivity contribution in [3.05, 3.63) is 0 Å². The summed E-state index contributed by atoms with van der Waals surface area (Å²) in [6, 6.07) is 0. The molecular formula is C14H25FO4. The maximum atomic E-state index is 12.5. The van der Waals surface area contributed by atoms with Crippen LogP contribution in [0, 0.1) is 0 Å². The van der Waals surface area contributed by atoms with Crippen molar-refractivity contribution in [2.45, 2.75) is 64.4 Å². The van der Waals surface area contributed by atoms with Gasteiger partial charge in [-0.15, -0.1) is 0 Å². The minimum absolute atomic E-state index is 0.160. The van der Waals surface area contributed by atoms with Crippen LogP contribution in [0.4, 0.5) is 4.39 Å². The molecule has 0 bridgehead atoms. The third-order valence-corrected chi connectivity index (χ3v) is 2.89. The molecule has 0 saturated heterocycles. The molecule has 0 saturated carbocycles. The second-order valence-electron chi connectivity index (χ2n) is 4.62. The first-order chi connectivity index (χ1) is 9.10. The Kier molecular flexibility index (Phi) is 11.2. The maximum absolute atomic E-state index is 12.5. The van der Waals surface area contributed by atoms with Gasteiger partial charge in [0.1, 0.15) is 12.8 Å². The van der Waals surface area contributed by atoms with Gasteiger partial charge in [-0.1, -0.05) is 25.7 Å². The number of alkyl halides is 1. The monoisotopic (exact) mass is 276 g/mol. The lowest BCUT2D eigenvalue weighted by atomic mass is 10.1. The van der Waals surface area contributed by atoms with Gasteiger partial charge in [0.15, 0.2) is 0 Å². The molecule has 0 amide bonds. The summed E-state index contributed by atoms with van der Waals surface area (Å²) in [4.78, 5) is 21.5. The summed E-state index contributed by atoms with van der Waals surface area (Å²) in [7, 11) is 1.40. The van der Waals surface area contributed by atoms with Gasteiger partial charge in [0.05, 0.1) is 7.11 Å². The zero-order valence-electron chi connectivity index (χ0n) is 12.0. The quantitative estimate of drug-likeness (QED) is 0.429. The van der Waals surface area contributed by atoms with Crippen LogP contribution in [-0.2, 0) is 19.1 Å². The lowest BCUT2D eigenvalue weighted by Crippen LogP contribution is -2.18. The van der Waals surface area contributed by atoms with Gasteiger partial charge in [-0.25, -0.2) is 4.39 Å². The first-order valence-electron chi connectivity index (χ1n) is 6.90. The van der Waals surface area contributed by atoms with Crippen LogP contribution in [0.15, 0.2) is 0 Å². The second-order valence-corrected chi connectivity index (χ2v) is 4.62. The first-order valence-corrected chi connectivity index (χ1v) is 6.90. The number of carbonyl (C=O) groups is 2. The predicted octanol–water partition coefficient (Wildman–Crippen LogP) is 3.18. The lowest BCUT2D eigenvalue weighted by Gasteiger charge is -2.12. The van der Waals surface area contributed by atoms with Crippen molar-refractivity contribution in [1.82, 2.24) is 0 Å². The lowest BCUT2D eigenvalue weighted by molar-refractivity contribution is -0.147. The maximum Gasteiger partial charge on any atom is 0.305 e. The summed E-state index contributed by atoms with van der Waals surface area (Å²) in [6.45, 7) is 0.683. The number of rotatable bonds is 11. The van der Waals surface area contributed by atoms with E-state index in [2.05, 4.69) is 4.74 Å².